The molecule has 0 aliphatic carbocycles. The van der Waals surface area contributed by atoms with Gasteiger partial charge in [0, 0.05) is 42.2 Å². The Kier molecular flexibility index (Phi) is 8.66. The molecule has 7 nitrogen and oxygen atoms in total. The molecule has 1 amide bonds. The van der Waals surface area contributed by atoms with Crippen molar-refractivity contribution >= 4 is 34.3 Å². The minimum atomic E-state index is -0.933. The summed E-state index contributed by atoms with van der Waals surface area (Å²) in [7, 11) is 0. The van der Waals surface area contributed by atoms with Crippen molar-refractivity contribution in [1.29, 1.82) is 0 Å². The molecule has 3 heterocycles. The van der Waals surface area contributed by atoms with Crippen molar-refractivity contribution in [2.75, 3.05) is 25.4 Å². The molecule has 35 heavy (non-hydrogen) atoms. The van der Waals surface area contributed by atoms with Crippen LogP contribution in [0, 0.1) is 11.8 Å². The molecule has 0 spiro atoms. The SMILES string of the molecule is O=C(O)c1ccc(CCN2C(=O)SCCN2CC[C@@H](O)Cc2cccc(C#Cc3ccoc3)c2)s1. The summed E-state index contributed by atoms with van der Waals surface area (Å²) in [4.78, 5) is 24.9. The number of carboxylic acid groups (broad SMARTS) is 1. The van der Waals surface area contributed by atoms with Gasteiger partial charge in [0.2, 0.25) is 0 Å². The Morgan fingerprint density at radius 3 is 2.77 bits per heavy atom. The molecule has 0 radical (unpaired) electrons. The van der Waals surface area contributed by atoms with Crippen LogP contribution in [0.15, 0.2) is 59.4 Å². The maximum Gasteiger partial charge on any atom is 0.345 e. The molecule has 4 rings (SSSR count). The normalized spacial score (nSPS) is 15.0. The minimum absolute atomic E-state index is 0.00958. The summed E-state index contributed by atoms with van der Waals surface area (Å²) in [6.07, 6.45) is 4.27. The molecular formula is C26H26N2O5S2. The van der Waals surface area contributed by atoms with Gasteiger partial charge in [-0.1, -0.05) is 35.7 Å². The number of thioether (sulfide) groups is 1. The Labute approximate surface area is 212 Å². The van der Waals surface area contributed by atoms with Crippen LogP contribution < -0.4 is 0 Å². The van der Waals surface area contributed by atoms with Gasteiger partial charge < -0.3 is 14.6 Å². The van der Waals surface area contributed by atoms with E-state index >= 15 is 0 Å². The number of aliphatic hydroxyl groups is 1. The van der Waals surface area contributed by atoms with Gasteiger partial charge in [-0.2, -0.15) is 0 Å². The van der Waals surface area contributed by atoms with E-state index < -0.39 is 12.1 Å². The first-order chi connectivity index (χ1) is 17.0. The predicted molar refractivity (Wildman–Crippen MR) is 137 cm³/mol. The summed E-state index contributed by atoms with van der Waals surface area (Å²) in [5.74, 6) is 5.94. The van der Waals surface area contributed by atoms with E-state index in [4.69, 9.17) is 9.52 Å². The highest BCUT2D eigenvalue weighted by Gasteiger charge is 2.27. The van der Waals surface area contributed by atoms with Crippen molar-refractivity contribution in [3.8, 4) is 11.8 Å². The van der Waals surface area contributed by atoms with E-state index in [1.807, 2.05) is 35.3 Å². The summed E-state index contributed by atoms with van der Waals surface area (Å²) in [5, 5.41) is 23.5. The van der Waals surface area contributed by atoms with E-state index in [1.165, 1.54) is 23.1 Å². The van der Waals surface area contributed by atoms with Crippen LogP contribution in [0.4, 0.5) is 4.79 Å². The van der Waals surface area contributed by atoms with E-state index in [-0.39, 0.29) is 5.24 Å². The van der Waals surface area contributed by atoms with E-state index in [2.05, 4.69) is 11.8 Å². The topological polar surface area (TPSA) is 94.2 Å². The standard InChI is InChI=1S/C26H26N2O5S2/c29-22(17-21-3-1-2-19(16-21)4-5-20-10-14-33-18-20)8-11-27-13-15-34-26(32)28(27)12-9-23-6-7-24(35-23)25(30)31/h1-3,6-7,10,14,16,18,22,29H,8-9,11-13,15,17H2,(H,30,31)/t22-/m1/s1. The summed E-state index contributed by atoms with van der Waals surface area (Å²) in [6, 6.07) is 13.0. The zero-order valence-electron chi connectivity index (χ0n) is 19.1. The number of carbonyl (C=O) groups excluding carboxylic acids is 1. The first-order valence-electron chi connectivity index (χ1n) is 11.3. The van der Waals surface area contributed by atoms with Crippen molar-refractivity contribution in [3.63, 3.8) is 0 Å². The number of rotatable bonds is 9. The number of benzene rings is 1. The lowest BCUT2D eigenvalue weighted by molar-refractivity contribution is 0.0148. The van der Waals surface area contributed by atoms with Crippen molar-refractivity contribution in [2.45, 2.75) is 25.4 Å². The first kappa shape index (κ1) is 25.1. The number of thiophene rings is 1. The largest absolute Gasteiger partial charge is 0.477 e. The number of nitrogens with zero attached hydrogens (tertiary/aromatic N) is 2. The number of aromatic carboxylic acids is 1. The third-order valence-electron chi connectivity index (χ3n) is 5.56. The van der Waals surface area contributed by atoms with E-state index in [1.54, 1.807) is 29.7 Å². The second-order valence-electron chi connectivity index (χ2n) is 8.12. The molecule has 0 saturated carbocycles. The van der Waals surface area contributed by atoms with Gasteiger partial charge in [-0.25, -0.2) is 9.80 Å². The zero-order chi connectivity index (χ0) is 24.6. The number of hydrogen-bond donors (Lipinski definition) is 2. The maximum absolute atomic E-state index is 12.5. The zero-order valence-corrected chi connectivity index (χ0v) is 20.7. The number of furan rings is 1. The third-order valence-corrected chi connectivity index (χ3v) is 7.54. The Balaban J connectivity index is 1.30. The van der Waals surface area contributed by atoms with Gasteiger partial charge >= 0.3 is 5.97 Å². The number of carboxylic acids is 1. The minimum Gasteiger partial charge on any atom is -0.477 e. The van der Waals surface area contributed by atoms with Gasteiger partial charge in [-0.05, 0) is 48.7 Å². The summed E-state index contributed by atoms with van der Waals surface area (Å²) < 4.78 is 5.03. The monoisotopic (exact) mass is 510 g/mol. The lowest BCUT2D eigenvalue weighted by Gasteiger charge is -2.38. The molecule has 0 bridgehead atoms. The van der Waals surface area contributed by atoms with Crippen LogP contribution in [0.3, 0.4) is 0 Å². The number of aliphatic hydroxyl groups excluding tert-OH is 1. The molecule has 2 N–H and O–H groups in total. The fourth-order valence-corrected chi connectivity index (χ4v) is 5.45. The number of hydrazine groups is 1. The molecule has 182 valence electrons. The van der Waals surface area contributed by atoms with Crippen LogP contribution in [0.2, 0.25) is 0 Å². The first-order valence-corrected chi connectivity index (χ1v) is 13.1. The number of amides is 1. The van der Waals surface area contributed by atoms with Crippen LogP contribution in [0.25, 0.3) is 0 Å². The summed E-state index contributed by atoms with van der Waals surface area (Å²) >= 11 is 2.53. The third kappa shape index (κ3) is 7.23. The van der Waals surface area contributed by atoms with Crippen molar-refractivity contribution < 1.29 is 24.2 Å². The maximum atomic E-state index is 12.5. The fourth-order valence-electron chi connectivity index (χ4n) is 3.79. The molecule has 9 heteroatoms. The number of carbonyl (C=O) groups is 2. The lowest BCUT2D eigenvalue weighted by Crippen LogP contribution is -2.51. The Morgan fingerprint density at radius 1 is 1.14 bits per heavy atom. The van der Waals surface area contributed by atoms with E-state index in [0.717, 1.165) is 28.1 Å². The molecule has 2 aromatic heterocycles. The Morgan fingerprint density at radius 2 is 2.00 bits per heavy atom. The van der Waals surface area contributed by atoms with Crippen LogP contribution in [-0.2, 0) is 12.8 Å². The van der Waals surface area contributed by atoms with Gasteiger partial charge in [0.25, 0.3) is 5.24 Å². The van der Waals surface area contributed by atoms with Crippen molar-refractivity contribution in [1.82, 2.24) is 10.0 Å². The molecule has 3 aromatic rings. The van der Waals surface area contributed by atoms with E-state index in [9.17, 15) is 14.7 Å². The van der Waals surface area contributed by atoms with Crippen LogP contribution in [-0.4, -0.2) is 62.9 Å². The smallest absolute Gasteiger partial charge is 0.345 e. The quantitative estimate of drug-likeness (QED) is 0.413. The van der Waals surface area contributed by atoms with Crippen LogP contribution >= 0.6 is 23.1 Å². The van der Waals surface area contributed by atoms with Gasteiger partial charge in [-0.15, -0.1) is 11.3 Å². The number of hydrogen-bond acceptors (Lipinski definition) is 7. The van der Waals surface area contributed by atoms with Crippen LogP contribution in [0.1, 0.15) is 37.7 Å². The molecule has 0 unspecified atom stereocenters. The van der Waals surface area contributed by atoms with Gasteiger partial charge in [0.05, 0.1) is 17.9 Å². The highest BCUT2D eigenvalue weighted by Crippen LogP contribution is 2.22. The highest BCUT2D eigenvalue weighted by molar-refractivity contribution is 8.13. The summed E-state index contributed by atoms with van der Waals surface area (Å²) in [5.41, 5.74) is 2.70. The lowest BCUT2D eigenvalue weighted by atomic mass is 10.0. The Hall–Kier alpha value is -3.03. The summed E-state index contributed by atoms with van der Waals surface area (Å²) in [6.45, 7) is 1.78. The molecule has 1 fully saturated rings. The molecule has 1 atom stereocenters. The second-order valence-corrected chi connectivity index (χ2v) is 10.3. The molecule has 1 aliphatic heterocycles. The predicted octanol–water partition coefficient (Wildman–Crippen LogP) is 4.36. The average Bonchev–Trinajstić information content (AvgIpc) is 3.53. The van der Waals surface area contributed by atoms with Crippen LogP contribution in [0.5, 0.6) is 0 Å². The van der Waals surface area contributed by atoms with Crippen molar-refractivity contribution in [3.05, 3.63) is 81.4 Å². The van der Waals surface area contributed by atoms with Gasteiger partial charge in [0.15, 0.2) is 0 Å². The average molecular weight is 511 g/mol. The molecular weight excluding hydrogens is 484 g/mol. The van der Waals surface area contributed by atoms with Crippen molar-refractivity contribution in [2.24, 2.45) is 0 Å². The fraction of sp³-hybridized carbons (Fsp3) is 0.308. The molecule has 1 aliphatic rings. The van der Waals surface area contributed by atoms with E-state index in [0.29, 0.717) is 43.0 Å². The Bertz CT molecular complexity index is 1210. The second kappa shape index (κ2) is 12.1. The molecule has 1 saturated heterocycles. The van der Waals surface area contributed by atoms with Gasteiger partial charge in [-0.3, -0.25) is 9.80 Å². The van der Waals surface area contributed by atoms with Gasteiger partial charge in [0.1, 0.15) is 11.1 Å². The highest BCUT2D eigenvalue weighted by atomic mass is 32.2. The molecule has 1 aromatic carbocycles.